The fourth-order valence-corrected chi connectivity index (χ4v) is 1.33. The molecule has 0 aliphatic carbocycles. The fraction of sp³-hybridized carbons (Fsp3) is 0.636. The molecule has 0 radical (unpaired) electrons. The van der Waals surface area contributed by atoms with Gasteiger partial charge in [0.05, 0.1) is 7.11 Å². The Morgan fingerprint density at radius 1 is 1.29 bits per heavy atom. The third-order valence-corrected chi connectivity index (χ3v) is 2.12. The molecular formula is C11H19NO2. The highest BCUT2D eigenvalue weighted by atomic mass is 16.6. The lowest BCUT2D eigenvalue weighted by atomic mass is 10.2. The first-order chi connectivity index (χ1) is 6.72. The molecule has 1 rings (SSSR count). The molecule has 14 heavy (non-hydrogen) atoms. The summed E-state index contributed by atoms with van der Waals surface area (Å²) in [5.41, 5.74) is 0. The summed E-state index contributed by atoms with van der Waals surface area (Å²) in [5.74, 6) is 1.62. The van der Waals surface area contributed by atoms with E-state index in [0.717, 1.165) is 25.1 Å². The van der Waals surface area contributed by atoms with Crippen LogP contribution in [0.1, 0.15) is 18.6 Å². The molecule has 3 heteroatoms. The van der Waals surface area contributed by atoms with Gasteiger partial charge in [-0.3, -0.25) is 0 Å². The average Bonchev–Trinajstić information content (AvgIpc) is 2.60. The highest BCUT2D eigenvalue weighted by Crippen LogP contribution is 2.16. The zero-order valence-electron chi connectivity index (χ0n) is 9.25. The summed E-state index contributed by atoms with van der Waals surface area (Å²) in [5, 5.41) is 0. The Morgan fingerprint density at radius 2 is 2.07 bits per heavy atom. The van der Waals surface area contributed by atoms with Crippen molar-refractivity contribution < 1.29 is 9.15 Å². The van der Waals surface area contributed by atoms with Crippen LogP contribution in [0.15, 0.2) is 16.5 Å². The predicted octanol–water partition coefficient (Wildman–Crippen LogP) is 2.17. The first-order valence-corrected chi connectivity index (χ1v) is 5.00. The van der Waals surface area contributed by atoms with Crippen molar-refractivity contribution in [3.8, 4) is 5.95 Å². The van der Waals surface area contributed by atoms with Crippen LogP contribution in [0.2, 0.25) is 0 Å². The van der Waals surface area contributed by atoms with Crippen molar-refractivity contribution in [1.29, 1.82) is 0 Å². The minimum absolute atomic E-state index is 0.604. The molecule has 3 nitrogen and oxygen atoms in total. The number of aryl methyl sites for hydroxylation is 1. The molecule has 1 aromatic heterocycles. The van der Waals surface area contributed by atoms with E-state index in [1.54, 1.807) is 7.11 Å². The lowest BCUT2D eigenvalue weighted by molar-refractivity contribution is 0.292. The molecule has 0 unspecified atom stereocenters. The number of ether oxygens (including phenoxy) is 1. The maximum Gasteiger partial charge on any atom is 0.284 e. The fourth-order valence-electron chi connectivity index (χ4n) is 1.33. The first-order valence-electron chi connectivity index (χ1n) is 5.00. The SMILES string of the molecule is COc1ccc(CCCCN(C)C)o1. The summed E-state index contributed by atoms with van der Waals surface area (Å²) in [6.07, 6.45) is 3.36. The molecule has 0 spiro atoms. The second-order valence-corrected chi connectivity index (χ2v) is 3.69. The van der Waals surface area contributed by atoms with E-state index in [1.807, 2.05) is 12.1 Å². The number of furan rings is 1. The molecule has 0 amide bonds. The minimum atomic E-state index is 0.604. The van der Waals surface area contributed by atoms with Crippen LogP contribution in [-0.4, -0.2) is 32.6 Å². The maximum absolute atomic E-state index is 5.40. The van der Waals surface area contributed by atoms with Crippen LogP contribution in [-0.2, 0) is 6.42 Å². The largest absolute Gasteiger partial charge is 0.468 e. The van der Waals surface area contributed by atoms with E-state index in [-0.39, 0.29) is 0 Å². The van der Waals surface area contributed by atoms with Crippen molar-refractivity contribution in [2.24, 2.45) is 0 Å². The maximum atomic E-state index is 5.40. The molecule has 0 aliphatic rings. The quantitative estimate of drug-likeness (QED) is 0.654. The summed E-state index contributed by atoms with van der Waals surface area (Å²) >= 11 is 0. The van der Waals surface area contributed by atoms with Gasteiger partial charge in [0.2, 0.25) is 0 Å². The van der Waals surface area contributed by atoms with E-state index < -0.39 is 0 Å². The summed E-state index contributed by atoms with van der Waals surface area (Å²) < 4.78 is 10.4. The van der Waals surface area contributed by atoms with Gasteiger partial charge in [0, 0.05) is 12.5 Å². The van der Waals surface area contributed by atoms with Crippen LogP contribution in [0.4, 0.5) is 0 Å². The summed E-state index contributed by atoms with van der Waals surface area (Å²) in [7, 11) is 5.81. The lowest BCUT2D eigenvalue weighted by Gasteiger charge is -2.07. The topological polar surface area (TPSA) is 25.6 Å². The second kappa shape index (κ2) is 5.70. The number of rotatable bonds is 6. The van der Waals surface area contributed by atoms with Gasteiger partial charge < -0.3 is 14.1 Å². The Labute approximate surface area is 85.7 Å². The standard InChI is InChI=1S/C11H19NO2/c1-12(2)9-5-4-6-10-7-8-11(13-3)14-10/h7-8H,4-6,9H2,1-3H3. The number of hydrogen-bond donors (Lipinski definition) is 0. The van der Waals surface area contributed by atoms with E-state index in [2.05, 4.69) is 19.0 Å². The van der Waals surface area contributed by atoms with Crippen LogP contribution in [0.3, 0.4) is 0 Å². The molecule has 0 bridgehead atoms. The third kappa shape index (κ3) is 3.83. The number of nitrogens with zero attached hydrogens (tertiary/aromatic N) is 1. The molecule has 0 fully saturated rings. The number of unbranched alkanes of at least 4 members (excludes halogenated alkanes) is 1. The van der Waals surface area contributed by atoms with Gasteiger partial charge >= 0.3 is 0 Å². The van der Waals surface area contributed by atoms with E-state index >= 15 is 0 Å². The van der Waals surface area contributed by atoms with Gasteiger partial charge in [-0.1, -0.05) is 0 Å². The monoisotopic (exact) mass is 197 g/mol. The van der Waals surface area contributed by atoms with E-state index in [0.29, 0.717) is 5.95 Å². The lowest BCUT2D eigenvalue weighted by Crippen LogP contribution is -2.12. The Hall–Kier alpha value is -0.960. The molecule has 1 aromatic rings. The summed E-state index contributed by atoms with van der Waals surface area (Å²) in [6.45, 7) is 1.14. The van der Waals surface area contributed by atoms with Crippen molar-refractivity contribution in [2.75, 3.05) is 27.7 Å². The normalized spacial score (nSPS) is 10.9. The second-order valence-electron chi connectivity index (χ2n) is 3.69. The Morgan fingerprint density at radius 3 is 2.64 bits per heavy atom. The van der Waals surface area contributed by atoms with Gasteiger partial charge in [-0.25, -0.2) is 0 Å². The van der Waals surface area contributed by atoms with Crippen LogP contribution in [0, 0.1) is 0 Å². The molecule has 0 aromatic carbocycles. The summed E-state index contributed by atoms with van der Waals surface area (Å²) in [6, 6.07) is 3.84. The first kappa shape index (κ1) is 11.1. The van der Waals surface area contributed by atoms with Gasteiger partial charge in [0.25, 0.3) is 5.95 Å². The molecule has 80 valence electrons. The van der Waals surface area contributed by atoms with Crippen LogP contribution < -0.4 is 4.74 Å². The smallest absolute Gasteiger partial charge is 0.284 e. The van der Waals surface area contributed by atoms with Crippen LogP contribution >= 0.6 is 0 Å². The zero-order valence-corrected chi connectivity index (χ0v) is 9.25. The van der Waals surface area contributed by atoms with E-state index in [9.17, 15) is 0 Å². The minimum Gasteiger partial charge on any atom is -0.468 e. The molecule has 1 heterocycles. The van der Waals surface area contributed by atoms with Crippen molar-refractivity contribution in [2.45, 2.75) is 19.3 Å². The van der Waals surface area contributed by atoms with E-state index in [1.165, 1.54) is 6.42 Å². The van der Waals surface area contributed by atoms with Crippen molar-refractivity contribution in [3.63, 3.8) is 0 Å². The highest BCUT2D eigenvalue weighted by molar-refractivity contribution is 5.11. The van der Waals surface area contributed by atoms with Gasteiger partial charge in [-0.05, 0) is 39.5 Å². The van der Waals surface area contributed by atoms with Crippen molar-refractivity contribution >= 4 is 0 Å². The van der Waals surface area contributed by atoms with Crippen molar-refractivity contribution in [1.82, 2.24) is 4.90 Å². The Kier molecular flexibility index (Phi) is 4.53. The highest BCUT2D eigenvalue weighted by Gasteiger charge is 2.01. The van der Waals surface area contributed by atoms with Crippen molar-refractivity contribution in [3.05, 3.63) is 17.9 Å². The molecule has 0 N–H and O–H groups in total. The number of methoxy groups -OCH3 is 1. The average molecular weight is 197 g/mol. The summed E-state index contributed by atoms with van der Waals surface area (Å²) in [4.78, 5) is 2.20. The van der Waals surface area contributed by atoms with E-state index in [4.69, 9.17) is 9.15 Å². The zero-order chi connectivity index (χ0) is 10.4. The van der Waals surface area contributed by atoms with Gasteiger partial charge in [0.1, 0.15) is 5.76 Å². The van der Waals surface area contributed by atoms with Gasteiger partial charge in [0.15, 0.2) is 0 Å². The molecule has 0 saturated heterocycles. The molecular weight excluding hydrogens is 178 g/mol. The third-order valence-electron chi connectivity index (χ3n) is 2.12. The van der Waals surface area contributed by atoms with Crippen LogP contribution in [0.25, 0.3) is 0 Å². The van der Waals surface area contributed by atoms with Gasteiger partial charge in [-0.15, -0.1) is 0 Å². The number of hydrogen-bond acceptors (Lipinski definition) is 3. The van der Waals surface area contributed by atoms with Crippen LogP contribution in [0.5, 0.6) is 5.95 Å². The molecule has 0 atom stereocenters. The molecule has 0 saturated carbocycles. The Balaban J connectivity index is 2.18. The molecule has 0 aliphatic heterocycles. The van der Waals surface area contributed by atoms with Gasteiger partial charge in [-0.2, -0.15) is 0 Å². The predicted molar refractivity (Wildman–Crippen MR) is 56.8 cm³/mol. The Bertz CT molecular complexity index is 256.